The van der Waals surface area contributed by atoms with Gasteiger partial charge in [0.05, 0.1) is 25.4 Å². The minimum atomic E-state index is 0.216. The first-order valence-electron chi connectivity index (χ1n) is 4.87. The van der Waals surface area contributed by atoms with Gasteiger partial charge in [0.1, 0.15) is 0 Å². The van der Waals surface area contributed by atoms with Gasteiger partial charge in [-0.3, -0.25) is 0 Å². The molecule has 1 aliphatic rings. The highest BCUT2D eigenvalue weighted by Crippen LogP contribution is 2.03. The summed E-state index contributed by atoms with van der Waals surface area (Å²) in [6, 6.07) is 0. The summed E-state index contributed by atoms with van der Waals surface area (Å²) in [6.07, 6.45) is 3.30. The molecule has 0 radical (unpaired) electrons. The van der Waals surface area contributed by atoms with Gasteiger partial charge in [0.2, 0.25) is 0 Å². The molecule has 76 valence electrons. The molecule has 0 aromatic rings. The van der Waals surface area contributed by atoms with Crippen molar-refractivity contribution in [2.45, 2.75) is 25.6 Å². The SMILES string of the molecule is C=CCCOCC1CNCC(C)O1. The highest BCUT2D eigenvalue weighted by Gasteiger charge is 2.18. The maximum atomic E-state index is 5.65. The van der Waals surface area contributed by atoms with Crippen LogP contribution in [0.5, 0.6) is 0 Å². The van der Waals surface area contributed by atoms with Gasteiger partial charge < -0.3 is 14.8 Å². The van der Waals surface area contributed by atoms with E-state index in [4.69, 9.17) is 9.47 Å². The predicted molar refractivity (Wildman–Crippen MR) is 52.8 cm³/mol. The molecule has 0 amide bonds. The third-order valence-electron chi connectivity index (χ3n) is 2.00. The van der Waals surface area contributed by atoms with E-state index in [1.165, 1.54) is 0 Å². The number of rotatable bonds is 5. The Morgan fingerprint density at radius 2 is 2.46 bits per heavy atom. The summed E-state index contributed by atoms with van der Waals surface area (Å²) in [5.41, 5.74) is 0. The lowest BCUT2D eigenvalue weighted by Gasteiger charge is -2.28. The first-order chi connectivity index (χ1) is 6.33. The Kier molecular flexibility index (Phi) is 5.05. The first kappa shape index (κ1) is 10.7. The first-order valence-corrected chi connectivity index (χ1v) is 4.87. The number of morpholine rings is 1. The summed E-state index contributed by atoms with van der Waals surface area (Å²) < 4.78 is 11.1. The molecule has 1 N–H and O–H groups in total. The van der Waals surface area contributed by atoms with Crippen LogP contribution in [0.4, 0.5) is 0 Å². The summed E-state index contributed by atoms with van der Waals surface area (Å²) in [5.74, 6) is 0. The molecule has 13 heavy (non-hydrogen) atoms. The van der Waals surface area contributed by atoms with Crippen LogP contribution in [0.25, 0.3) is 0 Å². The maximum Gasteiger partial charge on any atom is 0.0936 e. The summed E-state index contributed by atoms with van der Waals surface area (Å²) in [7, 11) is 0. The van der Waals surface area contributed by atoms with E-state index in [1.807, 2.05) is 6.08 Å². The van der Waals surface area contributed by atoms with E-state index in [-0.39, 0.29) is 6.10 Å². The van der Waals surface area contributed by atoms with Crippen LogP contribution < -0.4 is 5.32 Å². The van der Waals surface area contributed by atoms with Crippen molar-refractivity contribution in [3.05, 3.63) is 12.7 Å². The van der Waals surface area contributed by atoms with Crippen LogP contribution in [0, 0.1) is 0 Å². The second-order valence-electron chi connectivity index (χ2n) is 3.38. The molecular weight excluding hydrogens is 166 g/mol. The second kappa shape index (κ2) is 6.13. The largest absolute Gasteiger partial charge is 0.378 e. The number of hydrogen-bond acceptors (Lipinski definition) is 3. The van der Waals surface area contributed by atoms with Gasteiger partial charge in [0.25, 0.3) is 0 Å². The van der Waals surface area contributed by atoms with Crippen molar-refractivity contribution in [2.24, 2.45) is 0 Å². The van der Waals surface area contributed by atoms with Gasteiger partial charge in [-0.1, -0.05) is 6.08 Å². The van der Waals surface area contributed by atoms with Crippen molar-refractivity contribution in [2.75, 3.05) is 26.3 Å². The summed E-state index contributed by atoms with van der Waals surface area (Å²) >= 11 is 0. The van der Waals surface area contributed by atoms with Crippen molar-refractivity contribution >= 4 is 0 Å². The zero-order valence-electron chi connectivity index (χ0n) is 8.29. The third-order valence-corrected chi connectivity index (χ3v) is 2.00. The smallest absolute Gasteiger partial charge is 0.0936 e. The summed E-state index contributed by atoms with van der Waals surface area (Å²) in [4.78, 5) is 0. The topological polar surface area (TPSA) is 30.5 Å². The lowest BCUT2D eigenvalue weighted by Crippen LogP contribution is -2.45. The van der Waals surface area contributed by atoms with Crippen LogP contribution in [0.3, 0.4) is 0 Å². The Balaban J connectivity index is 2.03. The highest BCUT2D eigenvalue weighted by molar-refractivity contribution is 4.71. The molecule has 1 fully saturated rings. The Bertz CT molecular complexity index is 150. The molecule has 0 aromatic heterocycles. The van der Waals surface area contributed by atoms with Gasteiger partial charge in [0.15, 0.2) is 0 Å². The van der Waals surface area contributed by atoms with E-state index in [0.29, 0.717) is 12.7 Å². The van der Waals surface area contributed by atoms with Crippen molar-refractivity contribution in [1.82, 2.24) is 5.32 Å². The van der Waals surface area contributed by atoms with Crippen molar-refractivity contribution in [1.29, 1.82) is 0 Å². The van der Waals surface area contributed by atoms with E-state index in [1.54, 1.807) is 0 Å². The van der Waals surface area contributed by atoms with Crippen LogP contribution in [0.15, 0.2) is 12.7 Å². The Hall–Kier alpha value is -0.380. The number of ether oxygens (including phenoxy) is 2. The normalized spacial score (nSPS) is 28.7. The average Bonchev–Trinajstić information content (AvgIpc) is 2.13. The number of nitrogens with one attached hydrogen (secondary N) is 1. The molecule has 0 spiro atoms. The van der Waals surface area contributed by atoms with Gasteiger partial charge in [0, 0.05) is 13.1 Å². The molecule has 1 saturated heterocycles. The number of hydrogen-bond donors (Lipinski definition) is 1. The summed E-state index contributed by atoms with van der Waals surface area (Å²) in [6.45, 7) is 8.99. The fourth-order valence-electron chi connectivity index (χ4n) is 1.35. The molecule has 2 atom stereocenters. The molecular formula is C10H19NO2. The standard InChI is InChI=1S/C10H19NO2/c1-3-4-5-12-8-10-7-11-6-9(2)13-10/h3,9-11H,1,4-8H2,2H3. The molecule has 1 aliphatic heterocycles. The van der Waals surface area contributed by atoms with Crippen molar-refractivity contribution < 1.29 is 9.47 Å². The van der Waals surface area contributed by atoms with Crippen molar-refractivity contribution in [3.63, 3.8) is 0 Å². The molecule has 0 aliphatic carbocycles. The Morgan fingerprint density at radius 3 is 3.15 bits per heavy atom. The van der Waals surface area contributed by atoms with Crippen LogP contribution in [-0.2, 0) is 9.47 Å². The predicted octanol–water partition coefficient (Wildman–Crippen LogP) is 0.956. The fraction of sp³-hybridized carbons (Fsp3) is 0.800. The van der Waals surface area contributed by atoms with Gasteiger partial charge in [-0.05, 0) is 13.3 Å². The minimum Gasteiger partial charge on any atom is -0.378 e. The summed E-state index contributed by atoms with van der Waals surface area (Å²) in [5, 5.41) is 3.30. The van der Waals surface area contributed by atoms with E-state index < -0.39 is 0 Å². The van der Waals surface area contributed by atoms with E-state index in [0.717, 1.165) is 26.1 Å². The molecule has 1 heterocycles. The van der Waals surface area contributed by atoms with E-state index in [9.17, 15) is 0 Å². The van der Waals surface area contributed by atoms with Crippen LogP contribution >= 0.6 is 0 Å². The van der Waals surface area contributed by atoms with Crippen molar-refractivity contribution in [3.8, 4) is 0 Å². The molecule has 0 aromatic carbocycles. The average molecular weight is 185 g/mol. The van der Waals surface area contributed by atoms with Gasteiger partial charge in [-0.15, -0.1) is 6.58 Å². The third kappa shape index (κ3) is 4.41. The fourth-order valence-corrected chi connectivity index (χ4v) is 1.35. The quantitative estimate of drug-likeness (QED) is 0.511. The molecule has 3 nitrogen and oxygen atoms in total. The lowest BCUT2D eigenvalue weighted by atomic mass is 10.2. The Labute approximate surface area is 80.1 Å². The van der Waals surface area contributed by atoms with Gasteiger partial charge >= 0.3 is 0 Å². The molecule has 0 saturated carbocycles. The van der Waals surface area contributed by atoms with Gasteiger partial charge in [-0.2, -0.15) is 0 Å². The van der Waals surface area contributed by atoms with Crippen LogP contribution in [0.1, 0.15) is 13.3 Å². The zero-order valence-corrected chi connectivity index (χ0v) is 8.29. The monoisotopic (exact) mass is 185 g/mol. The lowest BCUT2D eigenvalue weighted by molar-refractivity contribution is -0.0679. The van der Waals surface area contributed by atoms with Crippen LogP contribution in [-0.4, -0.2) is 38.5 Å². The van der Waals surface area contributed by atoms with Crippen LogP contribution in [0.2, 0.25) is 0 Å². The van der Waals surface area contributed by atoms with E-state index >= 15 is 0 Å². The Morgan fingerprint density at radius 1 is 1.62 bits per heavy atom. The molecule has 2 unspecified atom stereocenters. The molecule has 3 heteroatoms. The highest BCUT2D eigenvalue weighted by atomic mass is 16.5. The van der Waals surface area contributed by atoms with E-state index in [2.05, 4.69) is 18.8 Å². The minimum absolute atomic E-state index is 0.216. The molecule has 0 bridgehead atoms. The second-order valence-corrected chi connectivity index (χ2v) is 3.38. The van der Waals surface area contributed by atoms with Gasteiger partial charge in [-0.25, -0.2) is 0 Å². The molecule has 1 rings (SSSR count). The maximum absolute atomic E-state index is 5.65. The zero-order chi connectivity index (χ0) is 9.52.